The highest BCUT2D eigenvalue weighted by molar-refractivity contribution is 5.70. The number of phenols is 1. The first-order valence-corrected chi connectivity index (χ1v) is 10.5. The minimum atomic E-state index is -1.75. The van der Waals surface area contributed by atoms with E-state index < -0.39 is 42.6 Å². The van der Waals surface area contributed by atoms with Crippen LogP contribution < -0.4 is 0 Å². The Balaban J connectivity index is 2.18. The standard InChI is InChI=1S/C23H36O8/c1-22(2,3)12-9-11(10-13(15(12)25)23(4,5)6)7-8-14(24)31-21-19(29)17(27)16(26)18(28)20(21)30/h9-10,16-21,25-30H,7-8H2,1-6H3. The Bertz CT molecular complexity index is 741. The van der Waals surface area contributed by atoms with E-state index in [4.69, 9.17) is 4.74 Å². The Morgan fingerprint density at radius 1 is 0.806 bits per heavy atom. The van der Waals surface area contributed by atoms with E-state index in [1.165, 1.54) is 0 Å². The Morgan fingerprint density at radius 2 is 1.19 bits per heavy atom. The lowest BCUT2D eigenvalue weighted by atomic mass is 9.78. The molecule has 0 aromatic heterocycles. The second kappa shape index (κ2) is 9.03. The normalized spacial score (nSPS) is 29.6. The van der Waals surface area contributed by atoms with Gasteiger partial charge in [0.1, 0.15) is 36.3 Å². The molecule has 1 aromatic rings. The van der Waals surface area contributed by atoms with Crippen LogP contribution in [0.25, 0.3) is 0 Å². The lowest BCUT2D eigenvalue weighted by Gasteiger charge is -2.41. The van der Waals surface area contributed by atoms with Crippen molar-refractivity contribution in [2.24, 2.45) is 0 Å². The second-order valence-corrected chi connectivity index (χ2v) is 10.4. The van der Waals surface area contributed by atoms with Gasteiger partial charge in [-0.05, 0) is 33.9 Å². The molecule has 0 bridgehead atoms. The van der Waals surface area contributed by atoms with E-state index in [2.05, 4.69) is 0 Å². The van der Waals surface area contributed by atoms with E-state index in [1.807, 2.05) is 53.7 Å². The molecule has 31 heavy (non-hydrogen) atoms. The average Bonchev–Trinajstić information content (AvgIpc) is 2.65. The summed E-state index contributed by atoms with van der Waals surface area (Å²) in [5.41, 5.74) is 1.72. The average molecular weight is 441 g/mol. The molecule has 2 rings (SSSR count). The van der Waals surface area contributed by atoms with Crippen molar-refractivity contribution < 1.29 is 40.2 Å². The summed E-state index contributed by atoms with van der Waals surface area (Å²) in [6.07, 6.45) is -10.1. The van der Waals surface area contributed by atoms with Gasteiger partial charge in [0.05, 0.1) is 0 Å². The molecule has 0 aliphatic heterocycles. The predicted octanol–water partition coefficient (Wildman–Crippen LogP) is 0.650. The van der Waals surface area contributed by atoms with Crippen LogP contribution in [-0.4, -0.2) is 73.2 Å². The van der Waals surface area contributed by atoms with Gasteiger partial charge in [0.15, 0.2) is 6.10 Å². The summed E-state index contributed by atoms with van der Waals surface area (Å²) >= 11 is 0. The van der Waals surface area contributed by atoms with Crippen molar-refractivity contribution in [1.82, 2.24) is 0 Å². The molecule has 8 nitrogen and oxygen atoms in total. The van der Waals surface area contributed by atoms with Gasteiger partial charge in [0.2, 0.25) is 0 Å². The SMILES string of the molecule is CC(C)(C)c1cc(CCC(=O)OC2C(O)C(O)C(O)C(O)C2O)cc(C(C)(C)C)c1O. The van der Waals surface area contributed by atoms with E-state index in [1.54, 1.807) is 0 Å². The van der Waals surface area contributed by atoms with Crippen molar-refractivity contribution in [3.63, 3.8) is 0 Å². The number of phenolic OH excluding ortho intramolecular Hbond substituents is 1. The first kappa shape index (κ1) is 25.5. The maximum absolute atomic E-state index is 12.4. The third-order valence-electron chi connectivity index (χ3n) is 5.74. The predicted molar refractivity (Wildman–Crippen MR) is 114 cm³/mol. The summed E-state index contributed by atoms with van der Waals surface area (Å²) in [4.78, 5) is 12.4. The van der Waals surface area contributed by atoms with Crippen LogP contribution in [0.15, 0.2) is 12.1 Å². The van der Waals surface area contributed by atoms with E-state index in [0.29, 0.717) is 0 Å². The number of carbonyl (C=O) groups is 1. The highest BCUT2D eigenvalue weighted by Gasteiger charge is 2.50. The van der Waals surface area contributed by atoms with Crippen LogP contribution in [0.3, 0.4) is 0 Å². The van der Waals surface area contributed by atoms with Crippen molar-refractivity contribution in [2.75, 3.05) is 0 Å². The molecule has 1 aliphatic carbocycles. The number of aliphatic hydroxyl groups is 5. The molecule has 1 aliphatic rings. The van der Waals surface area contributed by atoms with Crippen LogP contribution in [0, 0.1) is 0 Å². The summed E-state index contributed by atoms with van der Waals surface area (Å²) < 4.78 is 5.13. The highest BCUT2D eigenvalue weighted by atomic mass is 16.6. The summed E-state index contributed by atoms with van der Waals surface area (Å²) in [6, 6.07) is 3.71. The molecule has 176 valence electrons. The van der Waals surface area contributed by atoms with Gasteiger partial charge in [-0.25, -0.2) is 0 Å². The van der Waals surface area contributed by atoms with Crippen molar-refractivity contribution >= 4 is 5.97 Å². The lowest BCUT2D eigenvalue weighted by Crippen LogP contribution is -2.64. The lowest BCUT2D eigenvalue weighted by molar-refractivity contribution is -0.233. The fourth-order valence-corrected chi connectivity index (χ4v) is 3.78. The molecule has 8 heteroatoms. The molecule has 0 amide bonds. The zero-order chi connectivity index (χ0) is 23.9. The summed E-state index contributed by atoms with van der Waals surface area (Å²) in [5.74, 6) is -0.497. The largest absolute Gasteiger partial charge is 0.507 e. The van der Waals surface area contributed by atoms with Crippen molar-refractivity contribution in [1.29, 1.82) is 0 Å². The van der Waals surface area contributed by atoms with E-state index in [-0.39, 0.29) is 29.4 Å². The number of rotatable bonds is 4. The molecular formula is C23H36O8. The number of aromatic hydroxyl groups is 1. The van der Waals surface area contributed by atoms with Gasteiger partial charge in [-0.1, -0.05) is 53.7 Å². The maximum atomic E-state index is 12.4. The molecule has 6 N–H and O–H groups in total. The third kappa shape index (κ3) is 5.56. The monoisotopic (exact) mass is 440 g/mol. The second-order valence-electron chi connectivity index (χ2n) is 10.4. The fraction of sp³-hybridized carbons (Fsp3) is 0.696. The first-order chi connectivity index (χ1) is 14.1. The van der Waals surface area contributed by atoms with E-state index in [0.717, 1.165) is 16.7 Å². The zero-order valence-corrected chi connectivity index (χ0v) is 19.0. The van der Waals surface area contributed by atoms with Gasteiger partial charge < -0.3 is 35.4 Å². The number of benzene rings is 1. The van der Waals surface area contributed by atoms with Crippen LogP contribution in [-0.2, 0) is 26.8 Å². The van der Waals surface area contributed by atoms with Crippen LogP contribution >= 0.6 is 0 Å². The number of hydrogen-bond acceptors (Lipinski definition) is 8. The van der Waals surface area contributed by atoms with Crippen LogP contribution in [0.4, 0.5) is 0 Å². The number of esters is 1. The minimum Gasteiger partial charge on any atom is -0.507 e. The van der Waals surface area contributed by atoms with Gasteiger partial charge in [-0.15, -0.1) is 0 Å². The molecule has 0 spiro atoms. The van der Waals surface area contributed by atoms with Crippen molar-refractivity contribution in [2.45, 2.75) is 102 Å². The Morgan fingerprint density at radius 3 is 1.58 bits per heavy atom. The van der Waals surface area contributed by atoms with E-state index >= 15 is 0 Å². The van der Waals surface area contributed by atoms with Gasteiger partial charge in [-0.3, -0.25) is 4.79 Å². The van der Waals surface area contributed by atoms with Gasteiger partial charge in [0, 0.05) is 6.42 Å². The Labute approximate surface area is 183 Å². The van der Waals surface area contributed by atoms with Crippen molar-refractivity contribution in [3.05, 3.63) is 28.8 Å². The van der Waals surface area contributed by atoms with Crippen LogP contribution in [0.5, 0.6) is 5.75 Å². The zero-order valence-electron chi connectivity index (χ0n) is 19.0. The molecule has 0 saturated heterocycles. The topological polar surface area (TPSA) is 148 Å². The summed E-state index contributed by atoms with van der Waals surface area (Å²) in [5, 5.41) is 60.0. The van der Waals surface area contributed by atoms with Gasteiger partial charge in [0.25, 0.3) is 0 Å². The number of carbonyl (C=O) groups excluding carboxylic acids is 1. The third-order valence-corrected chi connectivity index (χ3v) is 5.74. The molecule has 1 fully saturated rings. The quantitative estimate of drug-likeness (QED) is 0.374. The summed E-state index contributed by atoms with van der Waals surface area (Å²) in [7, 11) is 0. The molecule has 1 saturated carbocycles. The molecular weight excluding hydrogens is 404 g/mol. The number of aryl methyl sites for hydroxylation is 1. The van der Waals surface area contributed by atoms with Crippen molar-refractivity contribution in [3.8, 4) is 5.75 Å². The Kier molecular flexibility index (Phi) is 7.45. The summed E-state index contributed by atoms with van der Waals surface area (Å²) in [6.45, 7) is 11.9. The maximum Gasteiger partial charge on any atom is 0.306 e. The highest BCUT2D eigenvalue weighted by Crippen LogP contribution is 2.40. The molecule has 4 atom stereocenters. The van der Waals surface area contributed by atoms with Gasteiger partial charge in [-0.2, -0.15) is 0 Å². The minimum absolute atomic E-state index is 0.0807. The Hall–Kier alpha value is -1.71. The van der Waals surface area contributed by atoms with Crippen LogP contribution in [0.1, 0.15) is 64.7 Å². The first-order valence-electron chi connectivity index (χ1n) is 10.5. The van der Waals surface area contributed by atoms with E-state index in [9.17, 15) is 35.4 Å². The smallest absolute Gasteiger partial charge is 0.306 e. The number of aliphatic hydroxyl groups excluding tert-OH is 5. The fourth-order valence-electron chi connectivity index (χ4n) is 3.78. The molecule has 1 aromatic carbocycles. The number of hydrogen-bond donors (Lipinski definition) is 6. The van der Waals surface area contributed by atoms with Gasteiger partial charge >= 0.3 is 5.97 Å². The molecule has 0 radical (unpaired) electrons. The molecule has 4 unspecified atom stereocenters. The number of ether oxygens (including phenoxy) is 1. The van der Waals surface area contributed by atoms with Crippen LogP contribution in [0.2, 0.25) is 0 Å². The molecule has 0 heterocycles.